The molecule has 7 aromatic heterocycles. The summed E-state index contributed by atoms with van der Waals surface area (Å²) in [5, 5.41) is 9.65. The summed E-state index contributed by atoms with van der Waals surface area (Å²) in [6.45, 7) is 6.29. The summed E-state index contributed by atoms with van der Waals surface area (Å²) in [7, 11) is 6.26. The number of pyridine rings is 3. The zero-order valence-electron chi connectivity index (χ0n) is 77.9. The summed E-state index contributed by atoms with van der Waals surface area (Å²) in [4.78, 5) is 33.3. The molecule has 0 spiro atoms. The van der Waals surface area contributed by atoms with Gasteiger partial charge in [-0.15, -0.1) is 143 Å². The average Bonchev–Trinajstić information content (AvgIpc) is 1.72. The van der Waals surface area contributed by atoms with Gasteiger partial charge < -0.3 is 72.8 Å². The van der Waals surface area contributed by atoms with Crippen LogP contribution in [0.5, 0.6) is 34.5 Å². The van der Waals surface area contributed by atoms with E-state index in [-0.39, 0.29) is 63.2 Å². The van der Waals surface area contributed by atoms with Crippen molar-refractivity contribution in [2.45, 2.75) is 0 Å². The molecule has 0 saturated carbocycles. The summed E-state index contributed by atoms with van der Waals surface area (Å²) >= 11 is 0. The Labute approximate surface area is 880 Å². The van der Waals surface area contributed by atoms with Crippen LogP contribution in [0.2, 0.25) is 0 Å². The first kappa shape index (κ1) is 90.6. The molecule has 0 unspecified atom stereocenters. The van der Waals surface area contributed by atoms with Gasteiger partial charge in [-0.2, -0.15) is 32.1 Å². The van der Waals surface area contributed by atoms with E-state index in [1.54, 1.807) is 12.4 Å². The maximum absolute atomic E-state index is 6.50. The molecule has 13 heterocycles. The van der Waals surface area contributed by atoms with Crippen LogP contribution in [0, 0.1) is 56.4 Å². The second kappa shape index (κ2) is 37.5. The first-order valence-electron chi connectivity index (χ1n) is 47.0. The molecule has 22 heteroatoms. The summed E-state index contributed by atoms with van der Waals surface area (Å²) in [5.74, 6) is 7.67. The van der Waals surface area contributed by atoms with Gasteiger partial charge in [-0.25, -0.2) is 4.98 Å². The van der Waals surface area contributed by atoms with Crippen LogP contribution in [-0.4, -0.2) is 69.1 Å². The summed E-state index contributed by atoms with van der Waals surface area (Å²) in [6.07, 6.45) is 12.0. The average molecular weight is 2420 g/mol. The van der Waals surface area contributed by atoms with Gasteiger partial charge in [0.25, 0.3) is 0 Å². The summed E-state index contributed by atoms with van der Waals surface area (Å²) in [5.41, 5.74) is 24.0. The van der Waals surface area contributed by atoms with Crippen molar-refractivity contribution in [3.05, 3.63) is 476 Å². The van der Waals surface area contributed by atoms with Crippen LogP contribution >= 0.6 is 0 Å². The number of para-hydroxylation sites is 13. The normalized spacial score (nSPS) is 13.7. The fraction of sp³-hybridized carbons (Fsp3) is 0.0244. The minimum absolute atomic E-state index is 0. The topological polar surface area (TPSA) is 115 Å². The van der Waals surface area contributed by atoms with E-state index in [1.165, 1.54) is 65.4 Å². The number of fused-ring (bicyclic) bond motifs is 18. The van der Waals surface area contributed by atoms with Crippen LogP contribution in [0.15, 0.2) is 419 Å². The molecule has 23 aromatic rings. The molecule has 0 amide bonds. The van der Waals surface area contributed by atoms with E-state index in [0.717, 1.165) is 170 Å². The Morgan fingerprint density at radius 1 is 0.221 bits per heavy atom. The molecule has 16 aromatic carbocycles. The van der Waals surface area contributed by atoms with Gasteiger partial charge in [-0.3, -0.25) is 13.7 Å². The molecule has 6 aliphatic rings. The Hall–Kier alpha value is -16.9. The van der Waals surface area contributed by atoms with Gasteiger partial charge in [0.2, 0.25) is 0 Å². The molecular formula is C123H81N16O3Pt3-9. The SMILES string of the molecule is CN1[CH-]N(c2[c-]c(N3c4[c-]c(-c5ccccn5)ccc4Oc4ccccc43)ccc2)C=C1n1c2ccccc2c2ccccc21.CN1[CH-]N(c2[c-]c(N3c4[c-]c(-n5c6ccccc6c6cccnc65)ccc4Oc4ccccc43)ccc2)C=C1n1c2ccccc2c2ccccc21.CN1[CH-]N(c2[c-]c3c(cc2)Oc2ccccc2N3c2[c-]c(-c3ccccn3)ccc2)C=C1n1c2ccccc2c2ccccc21.[Pt].[Pt].[Pt]. The zero-order chi connectivity index (χ0) is 94.2. The standard InChI is InChI=1S/C45H29N6O.2C39H26N5O.3Pt/c1-47-29-48(28-44(47)51-38-19-6-2-14-33(38)34-15-3-7-20-39(34)51)30-12-10-13-31(26-30)49-40-21-8-9-22-42(40)52-43-24-23-32(27-41(43)49)50-37-18-5-4-16-35(37)36-17-11-25-46-45(36)50;1-41-26-42(25-39(41)44-33-16-4-2-13-30(33)31-14-3-5-17-34(31)44)28-11-10-12-29(24-28)43-35-18-6-7-19-37(35)45-38-21-20-27(23-36(38)43)32-15-8-9-22-40-32;1-41-26-42(25-39(41)44-33-16-4-2-13-30(33)31-14-3-5-17-34(31)44)28-20-21-38-36(24-28)43(35-18-6-7-19-37(35)45-38)29-12-10-11-27(23-29)32-15-8-9-22-40-32;;;/h2-25,28-29H,1H3;2*2-22,25-26H,1H3;;;/q3*-3;;;. The summed E-state index contributed by atoms with van der Waals surface area (Å²) < 4.78 is 28.4. The molecule has 29 rings (SSSR count). The van der Waals surface area contributed by atoms with Gasteiger partial charge in [-0.1, -0.05) is 205 Å². The molecule has 6 aliphatic heterocycles. The smallest absolute Gasteiger partial charge is 0.143 e. The van der Waals surface area contributed by atoms with Crippen LogP contribution in [0.25, 0.3) is 133 Å². The van der Waals surface area contributed by atoms with E-state index in [4.69, 9.17) is 19.2 Å². The number of aromatic nitrogens is 7. The van der Waals surface area contributed by atoms with Gasteiger partial charge in [-0.05, 0) is 153 Å². The van der Waals surface area contributed by atoms with Crippen molar-refractivity contribution in [3.63, 3.8) is 0 Å². The first-order valence-corrected chi connectivity index (χ1v) is 47.0. The van der Waals surface area contributed by atoms with Crippen molar-refractivity contribution in [2.24, 2.45) is 0 Å². The van der Waals surface area contributed by atoms with Crippen molar-refractivity contribution in [3.8, 4) is 62.7 Å². The van der Waals surface area contributed by atoms with Gasteiger partial charge in [0, 0.05) is 161 Å². The number of anilines is 12. The van der Waals surface area contributed by atoms with Crippen molar-refractivity contribution < 1.29 is 77.4 Å². The van der Waals surface area contributed by atoms with E-state index >= 15 is 0 Å². The van der Waals surface area contributed by atoms with Crippen LogP contribution < -0.4 is 43.6 Å². The predicted molar refractivity (Wildman–Crippen MR) is 570 cm³/mol. The molecule has 0 saturated heterocycles. The fourth-order valence-corrected chi connectivity index (χ4v) is 20.5. The first-order chi connectivity index (χ1) is 70.2. The van der Waals surface area contributed by atoms with E-state index < -0.39 is 0 Å². The third-order valence-electron chi connectivity index (χ3n) is 26.9. The van der Waals surface area contributed by atoms with E-state index in [1.807, 2.05) is 140 Å². The van der Waals surface area contributed by atoms with Crippen LogP contribution in [0.1, 0.15) is 0 Å². The second-order valence-electron chi connectivity index (χ2n) is 35.3. The molecule has 710 valence electrons. The number of nitrogens with zero attached hydrogens (tertiary/aromatic N) is 16. The fourth-order valence-electron chi connectivity index (χ4n) is 20.5. The van der Waals surface area contributed by atoms with Gasteiger partial charge in [0.1, 0.15) is 22.9 Å². The molecule has 19 nitrogen and oxygen atoms in total. The molecule has 0 aliphatic carbocycles. The number of hydrogen-bond donors (Lipinski definition) is 0. The third-order valence-corrected chi connectivity index (χ3v) is 26.9. The van der Waals surface area contributed by atoms with Crippen molar-refractivity contribution >= 4 is 173 Å². The van der Waals surface area contributed by atoms with Crippen molar-refractivity contribution in [1.29, 1.82) is 0 Å². The molecule has 145 heavy (non-hydrogen) atoms. The maximum Gasteiger partial charge on any atom is 0.143 e. The summed E-state index contributed by atoms with van der Waals surface area (Å²) in [6, 6.07) is 153. The Balaban J connectivity index is 0.000000116. The van der Waals surface area contributed by atoms with Crippen LogP contribution in [-0.2, 0) is 63.2 Å². The third kappa shape index (κ3) is 15.6. The molecule has 0 atom stereocenters. The number of rotatable bonds is 12. The Morgan fingerprint density at radius 2 is 0.517 bits per heavy atom. The Kier molecular flexibility index (Phi) is 23.4. The predicted octanol–water partition coefficient (Wildman–Crippen LogP) is 29.5. The van der Waals surface area contributed by atoms with E-state index in [9.17, 15) is 0 Å². The second-order valence-corrected chi connectivity index (χ2v) is 35.3. The largest absolute Gasteiger partial charge is 0.513 e. The Bertz CT molecular complexity index is 8880. The number of benzene rings is 16. The zero-order valence-corrected chi connectivity index (χ0v) is 84.7. The minimum atomic E-state index is 0. The van der Waals surface area contributed by atoms with Crippen LogP contribution in [0.3, 0.4) is 0 Å². The number of hydrogen-bond acceptors (Lipinski definition) is 15. The Morgan fingerprint density at radius 3 is 0.917 bits per heavy atom. The molecule has 0 fully saturated rings. The monoisotopic (exact) mass is 2410 g/mol. The maximum atomic E-state index is 6.50. The van der Waals surface area contributed by atoms with Gasteiger partial charge >= 0.3 is 0 Å². The van der Waals surface area contributed by atoms with E-state index in [0.29, 0.717) is 0 Å². The van der Waals surface area contributed by atoms with E-state index in [2.05, 4.69) is 417 Å². The van der Waals surface area contributed by atoms with Crippen molar-refractivity contribution in [2.75, 3.05) is 50.5 Å². The molecule has 0 bridgehead atoms. The molecular weight excluding hydrogens is 2330 g/mol. The van der Waals surface area contributed by atoms with Crippen molar-refractivity contribution in [1.82, 2.24) is 47.9 Å². The van der Waals surface area contributed by atoms with Gasteiger partial charge in [0.15, 0.2) is 0 Å². The van der Waals surface area contributed by atoms with Crippen LogP contribution in [0.4, 0.5) is 68.2 Å². The van der Waals surface area contributed by atoms with Gasteiger partial charge in [0.05, 0.1) is 78.9 Å². The number of ether oxygens (including phenoxy) is 3. The molecule has 0 radical (unpaired) electrons. The quantitative estimate of drug-likeness (QED) is 0.108. The minimum Gasteiger partial charge on any atom is -0.513 e. The molecule has 0 N–H and O–H groups in total.